The van der Waals surface area contributed by atoms with Crippen LogP contribution in [0.1, 0.15) is 40.4 Å². The monoisotopic (exact) mass is 346 g/mol. The van der Waals surface area contributed by atoms with Crippen LogP contribution in [0, 0.1) is 0 Å². The molecular weight excluding hydrogens is 328 g/mol. The van der Waals surface area contributed by atoms with Crippen molar-refractivity contribution >= 4 is 15.9 Å². The van der Waals surface area contributed by atoms with Crippen molar-refractivity contribution in [3.05, 3.63) is 64.7 Å². The number of halogens is 1. The topological polar surface area (TPSA) is 18.5 Å². The zero-order valence-corrected chi connectivity index (χ0v) is 13.7. The van der Waals surface area contributed by atoms with Gasteiger partial charge in [0, 0.05) is 0 Å². The summed E-state index contributed by atoms with van der Waals surface area (Å²) in [6, 6.07) is 14.9. The molecule has 0 amide bonds. The van der Waals surface area contributed by atoms with E-state index >= 15 is 0 Å². The lowest BCUT2D eigenvalue weighted by molar-refractivity contribution is 0.134. The summed E-state index contributed by atoms with van der Waals surface area (Å²) in [4.78, 5) is 0.175. The van der Waals surface area contributed by atoms with E-state index in [1.54, 1.807) is 0 Å². The first kappa shape index (κ1) is 14.6. The van der Waals surface area contributed by atoms with Gasteiger partial charge in [-0.3, -0.25) is 0 Å². The molecule has 1 aliphatic rings. The number of hydrogen-bond acceptors (Lipinski definition) is 2. The molecule has 0 N–H and O–H groups in total. The van der Waals surface area contributed by atoms with E-state index in [1.165, 1.54) is 22.3 Å². The van der Waals surface area contributed by atoms with Crippen molar-refractivity contribution in [2.24, 2.45) is 0 Å². The van der Waals surface area contributed by atoms with Gasteiger partial charge >= 0.3 is 0 Å². The quantitative estimate of drug-likeness (QED) is 0.710. The molecule has 3 heteroatoms. The van der Waals surface area contributed by atoms with Crippen molar-refractivity contribution in [2.75, 3.05) is 6.61 Å². The summed E-state index contributed by atoms with van der Waals surface area (Å²) in [7, 11) is 0. The van der Waals surface area contributed by atoms with E-state index in [0.29, 0.717) is 0 Å². The third kappa shape index (κ3) is 3.30. The van der Waals surface area contributed by atoms with Crippen molar-refractivity contribution in [1.82, 2.24) is 0 Å². The van der Waals surface area contributed by atoms with Gasteiger partial charge in [-0.15, -0.1) is 0 Å². The minimum atomic E-state index is 0.175. The molecule has 1 heterocycles. The number of ether oxygens (including phenoxy) is 2. The average molecular weight is 347 g/mol. The van der Waals surface area contributed by atoms with Crippen LogP contribution in [0.15, 0.2) is 42.5 Å². The van der Waals surface area contributed by atoms with E-state index in [1.807, 2.05) is 12.1 Å². The fourth-order valence-electron chi connectivity index (χ4n) is 2.52. The largest absolute Gasteiger partial charge is 0.494 e. The van der Waals surface area contributed by atoms with Gasteiger partial charge in [-0.2, -0.15) is 0 Å². The zero-order chi connectivity index (χ0) is 14.7. The van der Waals surface area contributed by atoms with Crippen LogP contribution in [0.25, 0.3) is 0 Å². The fraction of sp³-hybridized carbons (Fsp3) is 0.333. The van der Waals surface area contributed by atoms with E-state index in [9.17, 15) is 0 Å². The number of alkyl halides is 1. The molecule has 0 bridgehead atoms. The predicted molar refractivity (Wildman–Crippen MR) is 87.9 cm³/mol. The summed E-state index contributed by atoms with van der Waals surface area (Å²) < 4.78 is 11.2. The average Bonchev–Trinajstić information content (AvgIpc) is 3.00. The van der Waals surface area contributed by atoms with Crippen molar-refractivity contribution in [3.8, 4) is 5.75 Å². The highest BCUT2D eigenvalue weighted by atomic mass is 79.9. The summed E-state index contributed by atoms with van der Waals surface area (Å²) in [5, 5.41) is 0. The van der Waals surface area contributed by atoms with Crippen LogP contribution in [0.3, 0.4) is 0 Å². The second-order valence-electron chi connectivity index (χ2n) is 5.30. The van der Waals surface area contributed by atoms with Gasteiger partial charge < -0.3 is 9.47 Å². The third-order valence-corrected chi connectivity index (χ3v) is 4.72. The molecule has 0 aliphatic carbocycles. The minimum Gasteiger partial charge on any atom is -0.494 e. The summed E-state index contributed by atoms with van der Waals surface area (Å²) in [5.74, 6) is 0.934. The lowest BCUT2D eigenvalue weighted by Gasteiger charge is -2.14. The lowest BCUT2D eigenvalue weighted by Crippen LogP contribution is -1.98. The number of hydrogen-bond donors (Lipinski definition) is 0. The molecule has 2 nitrogen and oxygen atoms in total. The van der Waals surface area contributed by atoms with Crippen molar-refractivity contribution < 1.29 is 9.47 Å². The number of fused-ring (bicyclic) bond motifs is 1. The molecule has 0 spiro atoms. The van der Waals surface area contributed by atoms with Gasteiger partial charge in [0.2, 0.25) is 0 Å². The summed E-state index contributed by atoms with van der Waals surface area (Å²) in [6.45, 7) is 4.34. The molecule has 1 unspecified atom stereocenters. The minimum absolute atomic E-state index is 0.175. The van der Waals surface area contributed by atoms with Crippen LogP contribution in [0.5, 0.6) is 5.75 Å². The van der Waals surface area contributed by atoms with E-state index in [2.05, 4.69) is 53.2 Å². The molecule has 1 aliphatic heterocycles. The molecule has 2 aromatic carbocycles. The van der Waals surface area contributed by atoms with Crippen LogP contribution < -0.4 is 4.74 Å². The van der Waals surface area contributed by atoms with Crippen molar-refractivity contribution in [3.63, 3.8) is 0 Å². The molecule has 0 aromatic heterocycles. The predicted octanol–water partition coefficient (Wildman–Crippen LogP) is 4.99. The maximum Gasteiger partial charge on any atom is 0.119 e. The maximum absolute atomic E-state index is 5.72. The van der Waals surface area contributed by atoms with Crippen molar-refractivity contribution in [2.45, 2.75) is 31.4 Å². The molecule has 110 valence electrons. The highest BCUT2D eigenvalue weighted by Gasteiger charge is 2.16. The number of rotatable bonds is 5. The summed E-state index contributed by atoms with van der Waals surface area (Å²) >= 11 is 3.81. The molecule has 0 saturated carbocycles. The van der Waals surface area contributed by atoms with Gasteiger partial charge in [0.15, 0.2) is 0 Å². The third-order valence-electron chi connectivity index (χ3n) is 3.66. The van der Waals surface area contributed by atoms with Gasteiger partial charge in [0.25, 0.3) is 0 Å². The van der Waals surface area contributed by atoms with Gasteiger partial charge in [0.05, 0.1) is 24.6 Å². The van der Waals surface area contributed by atoms with Gasteiger partial charge in [-0.1, -0.05) is 53.2 Å². The van der Waals surface area contributed by atoms with Crippen LogP contribution in [-0.4, -0.2) is 6.61 Å². The van der Waals surface area contributed by atoms with E-state index in [4.69, 9.17) is 9.47 Å². The normalized spacial score (nSPS) is 14.8. The second kappa shape index (κ2) is 6.63. The fourth-order valence-corrected chi connectivity index (χ4v) is 3.09. The van der Waals surface area contributed by atoms with Gasteiger partial charge in [-0.05, 0) is 40.8 Å². The maximum atomic E-state index is 5.72. The van der Waals surface area contributed by atoms with Crippen LogP contribution in [0.2, 0.25) is 0 Å². The first-order valence-corrected chi connectivity index (χ1v) is 8.26. The Morgan fingerprint density at radius 3 is 2.76 bits per heavy atom. The second-order valence-corrected chi connectivity index (χ2v) is 6.22. The smallest absolute Gasteiger partial charge is 0.119 e. The first-order chi connectivity index (χ1) is 10.3. The highest BCUT2D eigenvalue weighted by Crippen LogP contribution is 2.34. The Kier molecular flexibility index (Phi) is 4.61. The van der Waals surface area contributed by atoms with Crippen LogP contribution >= 0.6 is 15.9 Å². The molecule has 0 fully saturated rings. The Balaban J connectivity index is 1.82. The summed E-state index contributed by atoms with van der Waals surface area (Å²) in [6.07, 6.45) is 1.02. The highest BCUT2D eigenvalue weighted by molar-refractivity contribution is 9.09. The van der Waals surface area contributed by atoms with E-state index < -0.39 is 0 Å². The molecule has 1 atom stereocenters. The molecule has 2 aromatic rings. The summed E-state index contributed by atoms with van der Waals surface area (Å²) in [5.41, 5.74) is 5.07. The van der Waals surface area contributed by atoms with Crippen molar-refractivity contribution in [1.29, 1.82) is 0 Å². The van der Waals surface area contributed by atoms with E-state index in [0.717, 1.165) is 32.0 Å². The Bertz CT molecular complexity index is 624. The number of benzene rings is 2. The molecule has 0 radical (unpaired) electrons. The lowest BCUT2D eigenvalue weighted by atomic mass is 10.0. The zero-order valence-electron chi connectivity index (χ0n) is 12.1. The Labute approximate surface area is 134 Å². The van der Waals surface area contributed by atoms with E-state index in [-0.39, 0.29) is 4.83 Å². The van der Waals surface area contributed by atoms with Crippen LogP contribution in [-0.2, 0) is 18.0 Å². The van der Waals surface area contributed by atoms with Gasteiger partial charge in [0.1, 0.15) is 5.75 Å². The van der Waals surface area contributed by atoms with Gasteiger partial charge in [-0.25, -0.2) is 0 Å². The molecule has 3 rings (SSSR count). The first-order valence-electron chi connectivity index (χ1n) is 7.34. The molecular formula is C18H19BrO2. The molecule has 21 heavy (non-hydrogen) atoms. The SMILES string of the molecule is CCCOc1cccc(C(Br)c2ccc3c(c2)COC3)c1. The Hall–Kier alpha value is -1.32. The molecule has 0 saturated heterocycles. The Morgan fingerprint density at radius 1 is 1.10 bits per heavy atom. The van der Waals surface area contributed by atoms with Crippen LogP contribution in [0.4, 0.5) is 0 Å². The standard InChI is InChI=1S/C18H19BrO2/c1-2-8-21-17-5-3-4-13(10-17)18(19)14-6-7-15-11-20-12-16(15)9-14/h3-7,9-10,18H,2,8,11-12H2,1H3. The Morgan fingerprint density at radius 2 is 1.90 bits per heavy atom.